The molecule has 1 aliphatic heterocycles. The Hall–Kier alpha value is -0.380. The molecule has 1 atom stereocenters. The zero-order valence-corrected chi connectivity index (χ0v) is 9.48. The molecule has 0 amide bonds. The summed E-state index contributed by atoms with van der Waals surface area (Å²) in [5.74, 6) is 0. The average molecular weight is 212 g/mol. The van der Waals surface area contributed by atoms with Gasteiger partial charge in [-0.25, -0.2) is 0 Å². The molecule has 0 aromatic carbocycles. The molecule has 1 aliphatic rings. The van der Waals surface area contributed by atoms with E-state index in [4.69, 9.17) is 4.74 Å². The largest absolute Gasteiger partial charge is 0.372 e. The van der Waals surface area contributed by atoms with Crippen LogP contribution in [-0.2, 0) is 11.3 Å². The number of rotatable bonds is 4. The third-order valence-corrected chi connectivity index (χ3v) is 3.80. The minimum atomic E-state index is 0.510. The van der Waals surface area contributed by atoms with Crippen molar-refractivity contribution in [3.63, 3.8) is 0 Å². The van der Waals surface area contributed by atoms with E-state index in [0.29, 0.717) is 6.10 Å². The monoisotopic (exact) mass is 212 g/mol. The number of thiophene rings is 1. The minimum absolute atomic E-state index is 0.510. The molecule has 14 heavy (non-hydrogen) atoms. The van der Waals surface area contributed by atoms with Crippen LogP contribution in [0.3, 0.4) is 0 Å². The normalized spacial score (nSPS) is 21.6. The Bertz CT molecular complexity index is 279. The van der Waals surface area contributed by atoms with Crippen LogP contribution in [0.4, 0.5) is 0 Å². The zero-order chi connectivity index (χ0) is 9.80. The summed E-state index contributed by atoms with van der Waals surface area (Å²) in [5, 5.41) is 4.54. The Kier molecular flexibility index (Phi) is 3.56. The summed E-state index contributed by atoms with van der Waals surface area (Å²) < 4.78 is 5.57. The van der Waals surface area contributed by atoms with E-state index >= 15 is 0 Å². The molecule has 0 unspecified atom stereocenters. The SMILES string of the molecule is Cc1ccsc1C[NH2+]C[C@@H]1CCCO1. The second-order valence-corrected chi connectivity index (χ2v) is 4.89. The van der Waals surface area contributed by atoms with Crippen molar-refractivity contribution in [2.75, 3.05) is 13.2 Å². The fraction of sp³-hybridized carbons (Fsp3) is 0.636. The van der Waals surface area contributed by atoms with E-state index in [0.717, 1.165) is 19.7 Å². The average Bonchev–Trinajstić information content (AvgIpc) is 2.78. The van der Waals surface area contributed by atoms with E-state index in [1.165, 1.54) is 23.3 Å². The van der Waals surface area contributed by atoms with Crippen LogP contribution in [0.2, 0.25) is 0 Å². The highest BCUT2D eigenvalue weighted by Crippen LogP contribution is 2.13. The van der Waals surface area contributed by atoms with Crippen LogP contribution in [-0.4, -0.2) is 19.3 Å². The molecule has 1 aromatic rings. The summed E-state index contributed by atoms with van der Waals surface area (Å²) in [6.45, 7) is 5.39. The van der Waals surface area contributed by atoms with Gasteiger partial charge in [0.25, 0.3) is 0 Å². The molecular formula is C11H18NOS+. The van der Waals surface area contributed by atoms with E-state index in [1.807, 2.05) is 11.3 Å². The van der Waals surface area contributed by atoms with Crippen molar-refractivity contribution in [1.29, 1.82) is 0 Å². The zero-order valence-electron chi connectivity index (χ0n) is 8.66. The van der Waals surface area contributed by atoms with E-state index in [1.54, 1.807) is 0 Å². The van der Waals surface area contributed by atoms with Gasteiger partial charge in [0, 0.05) is 6.61 Å². The first-order valence-electron chi connectivity index (χ1n) is 5.32. The van der Waals surface area contributed by atoms with Crippen molar-refractivity contribution < 1.29 is 10.1 Å². The summed E-state index contributed by atoms with van der Waals surface area (Å²) in [5.41, 5.74) is 1.43. The van der Waals surface area contributed by atoms with E-state index in [-0.39, 0.29) is 0 Å². The van der Waals surface area contributed by atoms with Crippen LogP contribution < -0.4 is 5.32 Å². The van der Waals surface area contributed by atoms with Gasteiger partial charge in [0.1, 0.15) is 19.2 Å². The number of ether oxygens (including phenoxy) is 1. The highest BCUT2D eigenvalue weighted by Gasteiger charge is 2.16. The third kappa shape index (κ3) is 2.56. The molecule has 0 spiro atoms. The minimum Gasteiger partial charge on any atom is -0.372 e. The molecule has 2 N–H and O–H groups in total. The molecule has 2 nitrogen and oxygen atoms in total. The summed E-state index contributed by atoms with van der Waals surface area (Å²) in [7, 11) is 0. The van der Waals surface area contributed by atoms with E-state index in [2.05, 4.69) is 23.7 Å². The number of quaternary nitrogens is 1. The highest BCUT2D eigenvalue weighted by atomic mass is 32.1. The van der Waals surface area contributed by atoms with Crippen LogP contribution in [0.25, 0.3) is 0 Å². The molecule has 0 radical (unpaired) electrons. The molecule has 1 aromatic heterocycles. The first-order chi connectivity index (χ1) is 6.86. The third-order valence-electron chi connectivity index (χ3n) is 2.75. The fourth-order valence-corrected chi connectivity index (χ4v) is 2.75. The second-order valence-electron chi connectivity index (χ2n) is 3.89. The first kappa shape index (κ1) is 10.1. The van der Waals surface area contributed by atoms with Crippen LogP contribution in [0, 0.1) is 6.92 Å². The van der Waals surface area contributed by atoms with Gasteiger partial charge >= 0.3 is 0 Å². The smallest absolute Gasteiger partial charge is 0.111 e. The van der Waals surface area contributed by atoms with Crippen molar-refractivity contribution in [3.8, 4) is 0 Å². The number of hydrogen-bond acceptors (Lipinski definition) is 2. The maximum atomic E-state index is 5.57. The van der Waals surface area contributed by atoms with E-state index < -0.39 is 0 Å². The van der Waals surface area contributed by atoms with Gasteiger partial charge in [-0.2, -0.15) is 0 Å². The lowest BCUT2D eigenvalue weighted by Crippen LogP contribution is -2.84. The Morgan fingerprint density at radius 3 is 3.21 bits per heavy atom. The molecular weight excluding hydrogens is 194 g/mol. The molecule has 0 saturated carbocycles. The van der Waals surface area contributed by atoms with E-state index in [9.17, 15) is 0 Å². The van der Waals surface area contributed by atoms with Crippen molar-refractivity contribution in [1.82, 2.24) is 0 Å². The summed E-state index contributed by atoms with van der Waals surface area (Å²) in [6, 6.07) is 2.19. The second kappa shape index (κ2) is 4.91. The number of hydrogen-bond donors (Lipinski definition) is 1. The van der Waals surface area contributed by atoms with Gasteiger partial charge in [0.05, 0.1) is 4.88 Å². The van der Waals surface area contributed by atoms with Gasteiger partial charge in [-0.1, -0.05) is 0 Å². The van der Waals surface area contributed by atoms with Gasteiger partial charge in [0.2, 0.25) is 0 Å². The number of aryl methyl sites for hydroxylation is 1. The Morgan fingerprint density at radius 1 is 1.64 bits per heavy atom. The van der Waals surface area contributed by atoms with Crippen LogP contribution >= 0.6 is 11.3 Å². The highest BCUT2D eigenvalue weighted by molar-refractivity contribution is 7.10. The van der Waals surface area contributed by atoms with Crippen molar-refractivity contribution in [2.24, 2.45) is 0 Å². The predicted octanol–water partition coefficient (Wildman–Crippen LogP) is 1.30. The van der Waals surface area contributed by atoms with Gasteiger partial charge in [0.15, 0.2) is 0 Å². The van der Waals surface area contributed by atoms with Gasteiger partial charge in [-0.05, 0) is 36.8 Å². The van der Waals surface area contributed by atoms with Crippen LogP contribution in [0.5, 0.6) is 0 Å². The summed E-state index contributed by atoms with van der Waals surface area (Å²) in [6.07, 6.45) is 3.01. The maximum Gasteiger partial charge on any atom is 0.111 e. The summed E-state index contributed by atoms with van der Waals surface area (Å²) >= 11 is 1.86. The van der Waals surface area contributed by atoms with Gasteiger partial charge in [-0.3, -0.25) is 0 Å². The lowest BCUT2D eigenvalue weighted by molar-refractivity contribution is -0.675. The number of nitrogens with two attached hydrogens (primary N) is 1. The molecule has 78 valence electrons. The Labute approximate surface area is 89.3 Å². The topological polar surface area (TPSA) is 25.8 Å². The quantitative estimate of drug-likeness (QED) is 0.800. The first-order valence-corrected chi connectivity index (χ1v) is 6.20. The van der Waals surface area contributed by atoms with Crippen molar-refractivity contribution in [3.05, 3.63) is 21.9 Å². The van der Waals surface area contributed by atoms with Gasteiger partial charge in [-0.15, -0.1) is 11.3 Å². The van der Waals surface area contributed by atoms with Gasteiger partial charge < -0.3 is 10.1 Å². The molecule has 3 heteroatoms. The lowest BCUT2D eigenvalue weighted by Gasteiger charge is -2.07. The summed E-state index contributed by atoms with van der Waals surface area (Å²) in [4.78, 5) is 1.50. The molecule has 2 heterocycles. The van der Waals surface area contributed by atoms with Crippen LogP contribution in [0.15, 0.2) is 11.4 Å². The lowest BCUT2D eigenvalue weighted by atomic mass is 10.2. The Morgan fingerprint density at radius 2 is 2.57 bits per heavy atom. The van der Waals surface area contributed by atoms with Crippen LogP contribution in [0.1, 0.15) is 23.3 Å². The molecule has 0 aliphatic carbocycles. The molecule has 1 fully saturated rings. The molecule has 1 saturated heterocycles. The van der Waals surface area contributed by atoms with Crippen molar-refractivity contribution in [2.45, 2.75) is 32.4 Å². The Balaban J connectivity index is 1.70. The maximum absolute atomic E-state index is 5.57. The molecule has 2 rings (SSSR count). The molecule has 0 bridgehead atoms. The predicted molar refractivity (Wildman–Crippen MR) is 58.5 cm³/mol. The fourth-order valence-electron chi connectivity index (χ4n) is 1.84. The van der Waals surface area contributed by atoms with Crippen molar-refractivity contribution >= 4 is 11.3 Å². The standard InChI is InChI=1S/C11H17NOS/c1-9-4-6-14-11(9)8-12-7-10-3-2-5-13-10/h4,6,10,12H,2-3,5,7-8H2,1H3/p+1/t10-/m0/s1.